The summed E-state index contributed by atoms with van der Waals surface area (Å²) in [6.07, 6.45) is 1.55. The Morgan fingerprint density at radius 3 is 2.52 bits per heavy atom. The van der Waals surface area contributed by atoms with Gasteiger partial charge in [-0.15, -0.1) is 0 Å². The summed E-state index contributed by atoms with van der Waals surface area (Å²) in [6.45, 7) is 1.96. The smallest absolute Gasteiger partial charge is 0.213 e. The van der Waals surface area contributed by atoms with Crippen LogP contribution >= 0.6 is 11.6 Å². The SMILES string of the molecule is Cc1ccc(S(=O)Nc2ccc(Cl)cc2C(=O)c2ccccn2)cc1. The number of aryl methyl sites for hydroxylation is 1. The van der Waals surface area contributed by atoms with Crippen molar-refractivity contribution in [1.82, 2.24) is 4.98 Å². The van der Waals surface area contributed by atoms with Gasteiger partial charge in [0.15, 0.2) is 0 Å². The second-order valence-corrected chi connectivity index (χ2v) is 7.07. The minimum atomic E-state index is -1.50. The van der Waals surface area contributed by atoms with Gasteiger partial charge in [0.25, 0.3) is 0 Å². The summed E-state index contributed by atoms with van der Waals surface area (Å²) < 4.78 is 15.5. The van der Waals surface area contributed by atoms with Gasteiger partial charge in [-0.05, 0) is 49.4 Å². The molecule has 3 aromatic rings. The zero-order valence-corrected chi connectivity index (χ0v) is 15.0. The van der Waals surface area contributed by atoms with Crippen molar-refractivity contribution >= 4 is 34.1 Å². The van der Waals surface area contributed by atoms with Crippen LogP contribution in [0.4, 0.5) is 5.69 Å². The second kappa shape index (κ2) is 7.59. The molecule has 1 atom stereocenters. The van der Waals surface area contributed by atoms with E-state index in [2.05, 4.69) is 9.71 Å². The Bertz CT molecular complexity index is 928. The van der Waals surface area contributed by atoms with Crippen LogP contribution in [-0.2, 0) is 11.0 Å². The number of anilines is 1. The minimum absolute atomic E-state index is 0.286. The fourth-order valence-corrected chi connectivity index (χ4v) is 3.30. The van der Waals surface area contributed by atoms with Gasteiger partial charge in [0, 0.05) is 16.8 Å². The molecule has 0 spiro atoms. The first kappa shape index (κ1) is 17.3. The number of pyridine rings is 1. The van der Waals surface area contributed by atoms with Crippen LogP contribution in [0.3, 0.4) is 0 Å². The number of carbonyl (C=O) groups is 1. The van der Waals surface area contributed by atoms with Crippen LogP contribution in [0.25, 0.3) is 0 Å². The van der Waals surface area contributed by atoms with Gasteiger partial charge in [-0.2, -0.15) is 0 Å². The number of nitrogens with zero attached hydrogens (tertiary/aromatic N) is 1. The summed E-state index contributed by atoms with van der Waals surface area (Å²) >= 11 is 6.04. The van der Waals surface area contributed by atoms with E-state index >= 15 is 0 Å². The molecule has 2 aromatic carbocycles. The van der Waals surface area contributed by atoms with Crippen molar-refractivity contribution in [3.8, 4) is 0 Å². The lowest BCUT2D eigenvalue weighted by atomic mass is 10.1. The molecular weight excluding hydrogens is 356 g/mol. The lowest BCUT2D eigenvalue weighted by molar-refractivity contribution is 0.103. The Morgan fingerprint density at radius 1 is 1.08 bits per heavy atom. The number of aromatic nitrogens is 1. The molecule has 0 saturated heterocycles. The number of rotatable bonds is 5. The molecule has 1 aromatic heterocycles. The third-order valence-electron chi connectivity index (χ3n) is 3.56. The summed E-state index contributed by atoms with van der Waals surface area (Å²) in [5.41, 5.74) is 2.15. The fraction of sp³-hybridized carbons (Fsp3) is 0.0526. The lowest BCUT2D eigenvalue weighted by Gasteiger charge is -2.11. The number of carbonyl (C=O) groups excluding carboxylic acids is 1. The Morgan fingerprint density at radius 2 is 1.84 bits per heavy atom. The van der Waals surface area contributed by atoms with E-state index in [1.54, 1.807) is 54.7 Å². The second-order valence-electron chi connectivity index (χ2n) is 5.42. The molecule has 1 heterocycles. The van der Waals surface area contributed by atoms with Crippen molar-refractivity contribution in [2.24, 2.45) is 0 Å². The molecule has 0 aliphatic carbocycles. The van der Waals surface area contributed by atoms with Crippen LogP contribution in [0.2, 0.25) is 5.02 Å². The maximum atomic E-state index is 12.7. The molecule has 0 aliphatic heterocycles. The van der Waals surface area contributed by atoms with Gasteiger partial charge in [0.2, 0.25) is 5.78 Å². The van der Waals surface area contributed by atoms with E-state index in [1.807, 2.05) is 19.1 Å². The van der Waals surface area contributed by atoms with E-state index in [-0.39, 0.29) is 5.78 Å². The topological polar surface area (TPSA) is 59.1 Å². The highest BCUT2D eigenvalue weighted by Crippen LogP contribution is 2.24. The van der Waals surface area contributed by atoms with Gasteiger partial charge in [0.1, 0.15) is 16.7 Å². The van der Waals surface area contributed by atoms with Gasteiger partial charge in [0.05, 0.1) is 10.6 Å². The van der Waals surface area contributed by atoms with Crippen molar-refractivity contribution in [1.29, 1.82) is 0 Å². The number of nitrogens with one attached hydrogen (secondary N) is 1. The van der Waals surface area contributed by atoms with E-state index < -0.39 is 11.0 Å². The summed E-state index contributed by atoms with van der Waals surface area (Å²) in [4.78, 5) is 17.4. The zero-order valence-electron chi connectivity index (χ0n) is 13.4. The highest BCUT2D eigenvalue weighted by molar-refractivity contribution is 7.86. The molecule has 0 radical (unpaired) electrons. The molecule has 0 aliphatic rings. The number of hydrogen-bond acceptors (Lipinski definition) is 3. The molecule has 0 fully saturated rings. The maximum absolute atomic E-state index is 12.7. The molecular formula is C19H15ClN2O2S. The highest BCUT2D eigenvalue weighted by atomic mass is 35.5. The quantitative estimate of drug-likeness (QED) is 0.677. The summed E-state index contributed by atoms with van der Waals surface area (Å²) in [7, 11) is -1.50. The third kappa shape index (κ3) is 4.13. The van der Waals surface area contributed by atoms with Crippen LogP contribution < -0.4 is 4.72 Å². The predicted octanol–water partition coefficient (Wildman–Crippen LogP) is 4.41. The van der Waals surface area contributed by atoms with Gasteiger partial charge in [-0.1, -0.05) is 35.4 Å². The fourth-order valence-electron chi connectivity index (χ4n) is 2.25. The van der Waals surface area contributed by atoms with Crippen LogP contribution in [0.15, 0.2) is 71.8 Å². The molecule has 0 saturated carbocycles. The van der Waals surface area contributed by atoms with E-state index in [0.717, 1.165) is 5.56 Å². The monoisotopic (exact) mass is 370 g/mol. The van der Waals surface area contributed by atoms with Crippen molar-refractivity contribution in [2.45, 2.75) is 11.8 Å². The lowest BCUT2D eigenvalue weighted by Crippen LogP contribution is -2.11. The minimum Gasteiger partial charge on any atom is -0.300 e. The van der Waals surface area contributed by atoms with Crippen molar-refractivity contribution in [2.75, 3.05) is 4.72 Å². The number of hydrogen-bond donors (Lipinski definition) is 1. The molecule has 6 heteroatoms. The molecule has 126 valence electrons. The molecule has 0 bridgehead atoms. The first-order chi connectivity index (χ1) is 12.0. The largest absolute Gasteiger partial charge is 0.300 e. The normalized spacial score (nSPS) is 11.8. The number of halogens is 1. The zero-order chi connectivity index (χ0) is 17.8. The molecule has 4 nitrogen and oxygen atoms in total. The Hall–Kier alpha value is -2.50. The van der Waals surface area contributed by atoms with Crippen LogP contribution in [0.5, 0.6) is 0 Å². The van der Waals surface area contributed by atoms with Gasteiger partial charge in [-0.3, -0.25) is 9.78 Å². The summed E-state index contributed by atoms with van der Waals surface area (Å²) in [6, 6.07) is 17.3. The highest BCUT2D eigenvalue weighted by Gasteiger charge is 2.17. The maximum Gasteiger partial charge on any atom is 0.213 e. The van der Waals surface area contributed by atoms with E-state index in [9.17, 15) is 9.00 Å². The van der Waals surface area contributed by atoms with Crippen molar-refractivity contribution < 1.29 is 9.00 Å². The number of benzene rings is 2. The Kier molecular flexibility index (Phi) is 5.26. The average molecular weight is 371 g/mol. The van der Waals surface area contributed by atoms with Crippen LogP contribution in [0.1, 0.15) is 21.6 Å². The van der Waals surface area contributed by atoms with Gasteiger partial charge >= 0.3 is 0 Å². The molecule has 0 amide bonds. The van der Waals surface area contributed by atoms with E-state index in [4.69, 9.17) is 11.6 Å². The van der Waals surface area contributed by atoms with Gasteiger partial charge < -0.3 is 4.72 Å². The third-order valence-corrected chi connectivity index (χ3v) is 4.90. The summed E-state index contributed by atoms with van der Waals surface area (Å²) in [5.74, 6) is -0.286. The van der Waals surface area contributed by atoms with Crippen molar-refractivity contribution in [3.05, 3.63) is 88.7 Å². The predicted molar refractivity (Wildman–Crippen MR) is 100 cm³/mol. The Labute approximate surface area is 153 Å². The van der Waals surface area contributed by atoms with E-state index in [1.165, 1.54) is 0 Å². The van der Waals surface area contributed by atoms with E-state index in [0.29, 0.717) is 26.9 Å². The van der Waals surface area contributed by atoms with Crippen LogP contribution in [0, 0.1) is 6.92 Å². The van der Waals surface area contributed by atoms with Gasteiger partial charge in [-0.25, -0.2) is 4.21 Å². The number of ketones is 1. The average Bonchev–Trinajstić information content (AvgIpc) is 2.64. The first-order valence-electron chi connectivity index (χ1n) is 7.55. The standard InChI is InChI=1S/C19H15ClN2O2S/c1-13-5-8-15(9-6-13)25(24)22-17-10-7-14(20)12-16(17)19(23)18-4-2-3-11-21-18/h2-12,22H,1H3. The first-order valence-corrected chi connectivity index (χ1v) is 9.08. The molecule has 1 unspecified atom stereocenters. The molecule has 1 N–H and O–H groups in total. The molecule has 25 heavy (non-hydrogen) atoms. The van der Waals surface area contributed by atoms with Crippen LogP contribution in [-0.4, -0.2) is 15.0 Å². The van der Waals surface area contributed by atoms with Crippen molar-refractivity contribution in [3.63, 3.8) is 0 Å². The molecule has 3 rings (SSSR count). The summed E-state index contributed by atoms with van der Waals surface area (Å²) in [5, 5.41) is 0.422. The Balaban J connectivity index is 1.93.